The zero-order valence-corrected chi connectivity index (χ0v) is 18.7. The molecule has 4 rings (SSSR count). The molecule has 2 heterocycles. The summed E-state index contributed by atoms with van der Waals surface area (Å²) in [6.07, 6.45) is 3.29. The molecule has 2 aromatic rings. The smallest absolute Gasteiger partial charge is 0.262 e. The van der Waals surface area contributed by atoms with Crippen LogP contribution in [0, 0.1) is 0 Å². The van der Waals surface area contributed by atoms with Crippen LogP contribution in [0.4, 0.5) is 5.69 Å². The molecule has 0 aliphatic carbocycles. The van der Waals surface area contributed by atoms with Crippen LogP contribution in [0.25, 0.3) is 0 Å². The predicted molar refractivity (Wildman–Crippen MR) is 123 cm³/mol. The van der Waals surface area contributed by atoms with Gasteiger partial charge in [-0.3, -0.25) is 29.0 Å². The van der Waals surface area contributed by atoms with Crippen molar-refractivity contribution in [1.29, 1.82) is 0 Å². The van der Waals surface area contributed by atoms with Crippen LogP contribution in [0.15, 0.2) is 58.4 Å². The van der Waals surface area contributed by atoms with Crippen molar-refractivity contribution >= 4 is 39.3 Å². The average Bonchev–Trinajstić information content (AvgIpc) is 2.95. The Morgan fingerprint density at radius 3 is 2.42 bits per heavy atom. The van der Waals surface area contributed by atoms with Crippen molar-refractivity contribution in [1.82, 2.24) is 9.62 Å². The Labute approximate surface area is 191 Å². The minimum Gasteiger partial charge on any atom is -0.326 e. The number of hydrogen-bond donors (Lipinski definition) is 2. The van der Waals surface area contributed by atoms with Crippen molar-refractivity contribution in [2.24, 2.45) is 4.99 Å². The molecule has 0 atom stereocenters. The fourth-order valence-electron chi connectivity index (χ4n) is 3.79. The van der Waals surface area contributed by atoms with E-state index in [0.29, 0.717) is 35.6 Å². The first-order chi connectivity index (χ1) is 15.8. The Balaban J connectivity index is 1.37. The van der Waals surface area contributed by atoms with Gasteiger partial charge in [0, 0.05) is 31.6 Å². The molecule has 0 saturated heterocycles. The molecular formula is C23H24N4O5S. The van der Waals surface area contributed by atoms with Gasteiger partial charge in [0.05, 0.1) is 16.0 Å². The van der Waals surface area contributed by atoms with E-state index in [9.17, 15) is 22.8 Å². The Hall–Kier alpha value is -3.53. The lowest BCUT2D eigenvalue weighted by atomic mass is 10.1. The normalized spacial score (nSPS) is 16.1. The first-order valence-corrected chi connectivity index (χ1v) is 12.2. The summed E-state index contributed by atoms with van der Waals surface area (Å²) in [5, 5.41) is 2.63. The van der Waals surface area contributed by atoms with E-state index in [0.717, 1.165) is 24.2 Å². The van der Waals surface area contributed by atoms with Gasteiger partial charge in [0.1, 0.15) is 5.84 Å². The van der Waals surface area contributed by atoms with Gasteiger partial charge in [0.2, 0.25) is 5.91 Å². The lowest BCUT2D eigenvalue weighted by molar-refractivity contribution is -0.116. The fourth-order valence-corrected chi connectivity index (χ4v) is 4.93. The number of carbonyl (C=O) groups is 3. The standard InChI is InChI=1S/C23H24N4O5S/c28-21(12-14-27-22(29)18-9-3-4-10-19(18)23(27)30)25-16-7-6-8-17(15-16)33(31,32)26-20-11-2-1-5-13-24-20/h3-4,6-10,15H,1-2,5,11-14H2,(H,24,26)(H,25,28). The summed E-state index contributed by atoms with van der Waals surface area (Å²) in [6.45, 7) is 0.526. The number of imide groups is 1. The van der Waals surface area contributed by atoms with Crippen LogP contribution in [0.1, 0.15) is 52.8 Å². The molecule has 0 unspecified atom stereocenters. The number of rotatable bonds is 6. The maximum atomic E-state index is 12.7. The zero-order chi connectivity index (χ0) is 23.4. The summed E-state index contributed by atoms with van der Waals surface area (Å²) in [5.74, 6) is -0.849. The Morgan fingerprint density at radius 1 is 0.970 bits per heavy atom. The molecule has 2 aliphatic heterocycles. The number of carbonyl (C=O) groups excluding carboxylic acids is 3. The van der Waals surface area contributed by atoms with E-state index < -0.39 is 27.7 Å². The third-order valence-corrected chi connectivity index (χ3v) is 6.87. The molecule has 2 aliphatic rings. The van der Waals surface area contributed by atoms with Gasteiger partial charge in [-0.25, -0.2) is 8.42 Å². The van der Waals surface area contributed by atoms with Crippen molar-refractivity contribution in [2.75, 3.05) is 18.4 Å². The van der Waals surface area contributed by atoms with Gasteiger partial charge in [-0.05, 0) is 43.2 Å². The third-order valence-electron chi connectivity index (χ3n) is 5.50. The van der Waals surface area contributed by atoms with Crippen LogP contribution in [0.5, 0.6) is 0 Å². The molecule has 0 saturated carbocycles. The van der Waals surface area contributed by atoms with E-state index in [1.165, 1.54) is 18.2 Å². The number of nitrogens with zero attached hydrogens (tertiary/aromatic N) is 2. The molecule has 3 amide bonds. The molecule has 9 nitrogen and oxygen atoms in total. The molecule has 0 spiro atoms. The van der Waals surface area contributed by atoms with E-state index in [1.807, 2.05) is 0 Å². The maximum absolute atomic E-state index is 12.7. The first-order valence-electron chi connectivity index (χ1n) is 10.8. The van der Waals surface area contributed by atoms with Gasteiger partial charge in [-0.2, -0.15) is 0 Å². The fraction of sp³-hybridized carbons (Fsp3) is 0.304. The van der Waals surface area contributed by atoms with Gasteiger partial charge in [-0.15, -0.1) is 0 Å². The largest absolute Gasteiger partial charge is 0.326 e. The minimum absolute atomic E-state index is 0.00703. The van der Waals surface area contributed by atoms with Crippen molar-refractivity contribution in [3.05, 3.63) is 59.7 Å². The first kappa shape index (κ1) is 22.7. The van der Waals surface area contributed by atoms with Crippen LogP contribution in [-0.2, 0) is 14.8 Å². The second-order valence-electron chi connectivity index (χ2n) is 7.88. The highest BCUT2D eigenvalue weighted by Gasteiger charge is 2.35. The quantitative estimate of drug-likeness (QED) is 0.631. The lowest BCUT2D eigenvalue weighted by Gasteiger charge is -2.14. The number of fused-ring (bicyclic) bond motifs is 1. The Kier molecular flexibility index (Phi) is 6.55. The van der Waals surface area contributed by atoms with Gasteiger partial charge in [0.25, 0.3) is 21.8 Å². The molecule has 0 radical (unpaired) electrons. The van der Waals surface area contributed by atoms with Crippen molar-refractivity contribution in [3.8, 4) is 0 Å². The number of nitrogens with one attached hydrogen (secondary N) is 2. The minimum atomic E-state index is -3.83. The van der Waals surface area contributed by atoms with E-state index in [4.69, 9.17) is 0 Å². The van der Waals surface area contributed by atoms with Crippen molar-refractivity contribution in [2.45, 2.75) is 37.0 Å². The summed E-state index contributed by atoms with van der Waals surface area (Å²) in [5.41, 5.74) is 0.950. The molecule has 33 heavy (non-hydrogen) atoms. The van der Waals surface area contributed by atoms with Gasteiger partial charge < -0.3 is 5.32 Å². The van der Waals surface area contributed by atoms with Crippen LogP contribution in [0.3, 0.4) is 0 Å². The van der Waals surface area contributed by atoms with Crippen LogP contribution < -0.4 is 10.0 Å². The van der Waals surface area contributed by atoms with E-state index in [2.05, 4.69) is 15.0 Å². The van der Waals surface area contributed by atoms with Crippen LogP contribution in [0.2, 0.25) is 0 Å². The number of aliphatic imine (C=N–C) groups is 1. The maximum Gasteiger partial charge on any atom is 0.262 e. The highest BCUT2D eigenvalue weighted by Crippen LogP contribution is 2.23. The molecule has 0 bridgehead atoms. The molecular weight excluding hydrogens is 444 g/mol. The second kappa shape index (κ2) is 9.53. The molecule has 2 N–H and O–H groups in total. The van der Waals surface area contributed by atoms with E-state index in [-0.39, 0.29) is 17.9 Å². The van der Waals surface area contributed by atoms with E-state index >= 15 is 0 Å². The van der Waals surface area contributed by atoms with Gasteiger partial charge in [0.15, 0.2) is 0 Å². The topological polar surface area (TPSA) is 125 Å². The molecule has 10 heteroatoms. The molecule has 2 aromatic carbocycles. The number of benzene rings is 2. The average molecular weight is 469 g/mol. The van der Waals surface area contributed by atoms with Gasteiger partial charge in [-0.1, -0.05) is 24.6 Å². The van der Waals surface area contributed by atoms with Crippen LogP contribution >= 0.6 is 0 Å². The lowest BCUT2D eigenvalue weighted by Crippen LogP contribution is -2.33. The second-order valence-corrected chi connectivity index (χ2v) is 9.56. The van der Waals surface area contributed by atoms with E-state index in [1.54, 1.807) is 30.3 Å². The summed E-state index contributed by atoms with van der Waals surface area (Å²) in [7, 11) is -3.83. The summed E-state index contributed by atoms with van der Waals surface area (Å²) in [6, 6.07) is 12.4. The number of sulfonamides is 1. The van der Waals surface area contributed by atoms with Gasteiger partial charge >= 0.3 is 0 Å². The van der Waals surface area contributed by atoms with Crippen molar-refractivity contribution < 1.29 is 22.8 Å². The van der Waals surface area contributed by atoms with Crippen molar-refractivity contribution in [3.63, 3.8) is 0 Å². The Bertz CT molecular complexity index is 1200. The highest BCUT2D eigenvalue weighted by atomic mass is 32.2. The molecule has 0 fully saturated rings. The monoisotopic (exact) mass is 468 g/mol. The number of amidine groups is 1. The highest BCUT2D eigenvalue weighted by molar-refractivity contribution is 7.90. The van der Waals surface area contributed by atoms with Crippen LogP contribution in [-0.4, -0.2) is 50.0 Å². The number of amides is 3. The number of anilines is 1. The summed E-state index contributed by atoms with van der Waals surface area (Å²) in [4.78, 5) is 42.6. The molecule has 172 valence electrons. The third kappa shape index (κ3) is 5.11. The predicted octanol–water partition coefficient (Wildman–Crippen LogP) is 2.56. The Morgan fingerprint density at radius 2 is 1.70 bits per heavy atom. The SMILES string of the molecule is O=C(CCN1C(=O)c2ccccc2C1=O)Nc1cccc(S(=O)(=O)NC2=NCCCCC2)c1. The number of hydrogen-bond acceptors (Lipinski definition) is 6. The zero-order valence-electron chi connectivity index (χ0n) is 17.9. The summed E-state index contributed by atoms with van der Waals surface area (Å²) < 4.78 is 28.0. The molecule has 0 aromatic heterocycles. The summed E-state index contributed by atoms with van der Waals surface area (Å²) >= 11 is 0.